The summed E-state index contributed by atoms with van der Waals surface area (Å²) in [6, 6.07) is 5.43. The van der Waals surface area contributed by atoms with Gasteiger partial charge in [-0.25, -0.2) is 0 Å². The molecule has 1 aromatic heterocycles. The van der Waals surface area contributed by atoms with Crippen LogP contribution in [0.15, 0.2) is 18.2 Å². The van der Waals surface area contributed by atoms with E-state index >= 15 is 0 Å². The Hall–Kier alpha value is -2.68. The predicted molar refractivity (Wildman–Crippen MR) is 97.6 cm³/mol. The van der Waals surface area contributed by atoms with Crippen LogP contribution >= 0.6 is 0 Å². The fraction of sp³-hybridized carbons (Fsp3) is 0.556. The first-order valence-corrected chi connectivity index (χ1v) is 9.02. The summed E-state index contributed by atoms with van der Waals surface area (Å²) in [6.45, 7) is 7.52. The fourth-order valence-electron chi connectivity index (χ4n) is 3.11. The number of nitrogens with zero attached hydrogens (tertiary/aromatic N) is 5. The number of hydrogen-bond donors (Lipinski definition) is 0. The molecular weight excluding hydrogens is 350 g/mol. The van der Waals surface area contributed by atoms with Crippen LogP contribution in [0.3, 0.4) is 0 Å². The van der Waals surface area contributed by atoms with Crippen LogP contribution in [-0.4, -0.2) is 70.0 Å². The van der Waals surface area contributed by atoms with Gasteiger partial charge >= 0.3 is 0 Å². The first kappa shape index (κ1) is 19.1. The van der Waals surface area contributed by atoms with Gasteiger partial charge in [-0.15, -0.1) is 10.2 Å². The molecule has 1 saturated heterocycles. The Balaban J connectivity index is 1.71. The summed E-state index contributed by atoms with van der Waals surface area (Å²) in [5.41, 5.74) is 0.742. The molecule has 9 heteroatoms. The van der Waals surface area contributed by atoms with Crippen molar-refractivity contribution in [2.75, 3.05) is 26.8 Å². The normalized spacial score (nSPS) is 19.8. The SMILES string of the molecule is CCOc1cc(-c2nnn(CC(=O)N3C[C@H](C)O[C@@H](C)C3)n2)ccc1OC. The van der Waals surface area contributed by atoms with Gasteiger partial charge in [0, 0.05) is 18.7 Å². The number of methoxy groups -OCH3 is 1. The van der Waals surface area contributed by atoms with E-state index in [0.717, 1.165) is 5.56 Å². The molecule has 2 heterocycles. The van der Waals surface area contributed by atoms with Gasteiger partial charge in [0.25, 0.3) is 0 Å². The summed E-state index contributed by atoms with van der Waals surface area (Å²) in [6.07, 6.45) is 0.0431. The van der Waals surface area contributed by atoms with E-state index in [9.17, 15) is 4.79 Å². The minimum atomic E-state index is -0.0503. The van der Waals surface area contributed by atoms with Gasteiger partial charge in [0.15, 0.2) is 11.5 Å². The standard InChI is InChI=1S/C18H25N5O4/c1-5-26-16-8-14(6-7-15(16)25-4)18-19-21-23(20-18)11-17(24)22-9-12(2)27-13(3)10-22/h6-8,12-13H,5,9-11H2,1-4H3/t12-,13-/m0/s1. The van der Waals surface area contributed by atoms with Crippen molar-refractivity contribution in [3.05, 3.63) is 18.2 Å². The number of benzene rings is 1. The second-order valence-corrected chi connectivity index (χ2v) is 6.50. The van der Waals surface area contributed by atoms with Crippen molar-refractivity contribution in [1.29, 1.82) is 0 Å². The number of amides is 1. The Morgan fingerprint density at radius 1 is 1.26 bits per heavy atom. The lowest BCUT2D eigenvalue weighted by Gasteiger charge is -2.35. The van der Waals surface area contributed by atoms with Gasteiger partial charge in [0.2, 0.25) is 11.7 Å². The molecule has 0 unspecified atom stereocenters. The molecule has 0 bridgehead atoms. The second kappa shape index (κ2) is 8.34. The molecule has 1 amide bonds. The van der Waals surface area contributed by atoms with Crippen LogP contribution < -0.4 is 9.47 Å². The minimum Gasteiger partial charge on any atom is -0.493 e. The highest BCUT2D eigenvalue weighted by atomic mass is 16.5. The molecule has 9 nitrogen and oxygen atoms in total. The summed E-state index contributed by atoms with van der Waals surface area (Å²) in [5.74, 6) is 1.63. The Kier molecular flexibility index (Phi) is 5.90. The van der Waals surface area contributed by atoms with Gasteiger partial charge in [-0.05, 0) is 44.2 Å². The number of carbonyl (C=O) groups excluding carboxylic acids is 1. The summed E-state index contributed by atoms with van der Waals surface area (Å²) in [5, 5.41) is 12.4. The fourth-order valence-corrected chi connectivity index (χ4v) is 3.11. The quantitative estimate of drug-likeness (QED) is 0.753. The Bertz CT molecular complexity index is 784. The number of carbonyl (C=O) groups is 1. The highest BCUT2D eigenvalue weighted by Gasteiger charge is 2.26. The zero-order chi connectivity index (χ0) is 19.4. The van der Waals surface area contributed by atoms with E-state index < -0.39 is 0 Å². The second-order valence-electron chi connectivity index (χ2n) is 6.50. The molecule has 0 N–H and O–H groups in total. The number of rotatable bonds is 6. The van der Waals surface area contributed by atoms with E-state index in [2.05, 4.69) is 15.4 Å². The van der Waals surface area contributed by atoms with E-state index in [1.54, 1.807) is 24.1 Å². The smallest absolute Gasteiger partial charge is 0.246 e. The van der Waals surface area contributed by atoms with Gasteiger partial charge in [0.05, 0.1) is 25.9 Å². The van der Waals surface area contributed by atoms with Crippen molar-refractivity contribution < 1.29 is 19.0 Å². The van der Waals surface area contributed by atoms with E-state index in [-0.39, 0.29) is 24.7 Å². The molecule has 2 aromatic rings. The van der Waals surface area contributed by atoms with E-state index in [1.807, 2.05) is 26.8 Å². The van der Waals surface area contributed by atoms with E-state index in [4.69, 9.17) is 14.2 Å². The zero-order valence-corrected chi connectivity index (χ0v) is 16.1. The molecule has 3 rings (SSSR count). The van der Waals surface area contributed by atoms with Crippen LogP contribution in [0.1, 0.15) is 20.8 Å². The van der Waals surface area contributed by atoms with Gasteiger partial charge < -0.3 is 19.1 Å². The largest absolute Gasteiger partial charge is 0.493 e. The average Bonchev–Trinajstić information content (AvgIpc) is 3.09. The Morgan fingerprint density at radius 2 is 2.00 bits per heavy atom. The zero-order valence-electron chi connectivity index (χ0n) is 16.1. The van der Waals surface area contributed by atoms with Gasteiger partial charge in [-0.3, -0.25) is 4.79 Å². The topological polar surface area (TPSA) is 91.6 Å². The minimum absolute atomic E-state index is 0.0215. The lowest BCUT2D eigenvalue weighted by atomic mass is 10.2. The predicted octanol–water partition coefficient (Wildman–Crippen LogP) is 1.38. The van der Waals surface area contributed by atoms with Gasteiger partial charge in [-0.1, -0.05) is 0 Å². The number of hydrogen-bond acceptors (Lipinski definition) is 7. The maximum atomic E-state index is 12.5. The summed E-state index contributed by atoms with van der Waals surface area (Å²) in [7, 11) is 1.59. The van der Waals surface area contributed by atoms with Crippen molar-refractivity contribution in [2.24, 2.45) is 0 Å². The Labute approximate surface area is 158 Å². The van der Waals surface area contributed by atoms with Gasteiger partial charge in [0.1, 0.15) is 6.54 Å². The molecule has 0 aliphatic carbocycles. The third kappa shape index (κ3) is 4.54. The molecular formula is C18H25N5O4. The molecule has 1 fully saturated rings. The average molecular weight is 375 g/mol. The van der Waals surface area contributed by atoms with Gasteiger partial charge in [-0.2, -0.15) is 4.80 Å². The lowest BCUT2D eigenvalue weighted by Crippen LogP contribution is -2.49. The third-order valence-electron chi connectivity index (χ3n) is 4.22. The monoisotopic (exact) mass is 375 g/mol. The van der Waals surface area contributed by atoms with Crippen LogP contribution in [0.5, 0.6) is 11.5 Å². The molecule has 146 valence electrons. The molecule has 0 saturated carbocycles. The van der Waals surface area contributed by atoms with Crippen molar-refractivity contribution in [1.82, 2.24) is 25.1 Å². The highest BCUT2D eigenvalue weighted by Crippen LogP contribution is 2.31. The molecule has 1 aliphatic heterocycles. The van der Waals surface area contributed by atoms with Crippen LogP contribution in [0.4, 0.5) is 0 Å². The van der Waals surface area contributed by atoms with Crippen LogP contribution in [0, 0.1) is 0 Å². The maximum absolute atomic E-state index is 12.5. The van der Waals surface area contributed by atoms with Crippen molar-refractivity contribution in [3.63, 3.8) is 0 Å². The first-order valence-electron chi connectivity index (χ1n) is 9.02. The number of aromatic nitrogens is 4. The summed E-state index contributed by atoms with van der Waals surface area (Å²) >= 11 is 0. The first-order chi connectivity index (χ1) is 13.0. The van der Waals surface area contributed by atoms with Crippen LogP contribution in [0.25, 0.3) is 11.4 Å². The maximum Gasteiger partial charge on any atom is 0.246 e. The van der Waals surface area contributed by atoms with E-state index in [1.165, 1.54) is 4.80 Å². The lowest BCUT2D eigenvalue weighted by molar-refractivity contribution is -0.144. The number of ether oxygens (including phenoxy) is 3. The number of morpholine rings is 1. The molecule has 0 radical (unpaired) electrons. The van der Waals surface area contributed by atoms with Crippen molar-refractivity contribution in [2.45, 2.75) is 39.5 Å². The molecule has 0 spiro atoms. The van der Waals surface area contributed by atoms with Crippen LogP contribution in [0.2, 0.25) is 0 Å². The molecule has 1 aromatic carbocycles. The molecule has 2 atom stereocenters. The van der Waals surface area contributed by atoms with E-state index in [0.29, 0.717) is 37.0 Å². The van der Waals surface area contributed by atoms with Crippen molar-refractivity contribution in [3.8, 4) is 22.9 Å². The van der Waals surface area contributed by atoms with Crippen LogP contribution in [-0.2, 0) is 16.1 Å². The Morgan fingerprint density at radius 3 is 2.67 bits per heavy atom. The molecule has 1 aliphatic rings. The molecule has 27 heavy (non-hydrogen) atoms. The highest BCUT2D eigenvalue weighted by molar-refractivity contribution is 5.76. The third-order valence-corrected chi connectivity index (χ3v) is 4.22. The summed E-state index contributed by atoms with van der Waals surface area (Å²) < 4.78 is 16.5. The van der Waals surface area contributed by atoms with Crippen molar-refractivity contribution >= 4 is 5.91 Å². The summed E-state index contributed by atoms with van der Waals surface area (Å²) in [4.78, 5) is 15.6. The number of tetrazole rings is 1.